The fourth-order valence-electron chi connectivity index (χ4n) is 5.19. The predicted octanol–water partition coefficient (Wildman–Crippen LogP) is 2.07. The topological polar surface area (TPSA) is 73.7 Å². The van der Waals surface area contributed by atoms with Crippen LogP contribution in [0, 0.1) is 23.7 Å². The molecule has 4 aliphatic carbocycles. The first-order chi connectivity index (χ1) is 10.2. The predicted molar refractivity (Wildman–Crippen MR) is 79.5 cm³/mol. The van der Waals surface area contributed by atoms with E-state index in [1.807, 2.05) is 6.92 Å². The molecule has 0 amide bonds. The molecule has 0 spiro atoms. The molecular formula is C16H23N3O2. The van der Waals surface area contributed by atoms with Gasteiger partial charge >= 0.3 is 5.97 Å². The number of allylic oxidation sites excluding steroid dienone is 1. The largest absolute Gasteiger partial charge is 0.476 e. The van der Waals surface area contributed by atoms with Crippen molar-refractivity contribution in [2.24, 2.45) is 28.7 Å². The van der Waals surface area contributed by atoms with Gasteiger partial charge < -0.3 is 10.5 Å². The van der Waals surface area contributed by atoms with Crippen LogP contribution < -0.4 is 10.9 Å². The first kappa shape index (κ1) is 13.3. The molecule has 5 rings (SSSR count). The minimum absolute atomic E-state index is 0.170. The maximum absolute atomic E-state index is 11.1. The average Bonchev–Trinajstić information content (AvgIpc) is 2.40. The smallest absolute Gasteiger partial charge is 0.356 e. The number of nitrogens with zero attached hydrogens (tertiary/aromatic N) is 1. The third-order valence-corrected chi connectivity index (χ3v) is 5.90. The number of hydrazine groups is 1. The van der Waals surface area contributed by atoms with E-state index < -0.39 is 5.97 Å². The van der Waals surface area contributed by atoms with Gasteiger partial charge in [0, 0.05) is 6.04 Å². The Morgan fingerprint density at radius 2 is 1.81 bits per heavy atom. The number of rotatable bonds is 5. The number of carboxylic acids is 1. The van der Waals surface area contributed by atoms with E-state index in [0.717, 1.165) is 35.8 Å². The van der Waals surface area contributed by atoms with Crippen molar-refractivity contribution in [3.8, 4) is 0 Å². The number of aliphatic carboxylic acids is 1. The molecule has 21 heavy (non-hydrogen) atoms. The van der Waals surface area contributed by atoms with Gasteiger partial charge in [0.1, 0.15) is 5.70 Å². The van der Waals surface area contributed by atoms with Crippen LogP contribution in [0.2, 0.25) is 0 Å². The van der Waals surface area contributed by atoms with Gasteiger partial charge in [-0.05, 0) is 62.2 Å². The van der Waals surface area contributed by atoms with E-state index in [1.54, 1.807) is 0 Å². The highest BCUT2D eigenvalue weighted by Gasteiger charge is 2.48. The molecule has 1 heterocycles. The Bertz CT molecular complexity index is 510. The van der Waals surface area contributed by atoms with Gasteiger partial charge in [0.05, 0.1) is 5.70 Å². The van der Waals surface area contributed by atoms with E-state index >= 15 is 0 Å². The SMILES string of the molecule is CCC1=C(NNC2C3CC4CC(C3)CC2C4)C(C(=O)O)=N1. The number of aliphatic imine (C=N–C) groups is 1. The number of carboxylic acid groups (broad SMARTS) is 1. The summed E-state index contributed by atoms with van der Waals surface area (Å²) in [5.41, 5.74) is 8.39. The Hall–Kier alpha value is -1.36. The molecule has 1 aliphatic heterocycles. The monoisotopic (exact) mass is 289 g/mol. The van der Waals surface area contributed by atoms with Gasteiger partial charge in [0.2, 0.25) is 0 Å². The molecule has 5 aliphatic rings. The maximum atomic E-state index is 11.1. The fourth-order valence-corrected chi connectivity index (χ4v) is 5.19. The Labute approximate surface area is 124 Å². The van der Waals surface area contributed by atoms with Crippen molar-refractivity contribution in [2.45, 2.75) is 51.5 Å². The van der Waals surface area contributed by atoms with Crippen LogP contribution in [0.3, 0.4) is 0 Å². The third kappa shape index (κ3) is 2.09. The molecule has 0 aromatic rings. The first-order valence-electron chi connectivity index (χ1n) is 8.22. The van der Waals surface area contributed by atoms with Crippen LogP contribution in [0.15, 0.2) is 16.4 Å². The Morgan fingerprint density at radius 3 is 2.33 bits per heavy atom. The summed E-state index contributed by atoms with van der Waals surface area (Å²) in [5, 5.41) is 9.12. The number of hydrogen-bond donors (Lipinski definition) is 3. The highest BCUT2D eigenvalue weighted by atomic mass is 16.4. The number of nitrogens with one attached hydrogen (secondary N) is 2. The standard InChI is InChI=1S/C16H23N3O2/c1-2-12-14(15(17-12)16(20)21)19-18-13-10-4-8-3-9(6-10)7-11(13)5-8/h8-11,13,18-19H,2-7H2,1H3,(H,20,21). The van der Waals surface area contributed by atoms with Crippen LogP contribution in [0.4, 0.5) is 0 Å². The molecule has 0 radical (unpaired) electrons. The Kier molecular flexibility index (Phi) is 3.06. The van der Waals surface area contributed by atoms with Gasteiger partial charge in [-0.2, -0.15) is 0 Å². The van der Waals surface area contributed by atoms with Crippen molar-refractivity contribution in [2.75, 3.05) is 0 Å². The summed E-state index contributed by atoms with van der Waals surface area (Å²) in [6.07, 6.45) is 7.63. The highest BCUT2D eigenvalue weighted by Crippen LogP contribution is 2.53. The van der Waals surface area contributed by atoms with E-state index in [1.165, 1.54) is 32.1 Å². The zero-order valence-electron chi connectivity index (χ0n) is 12.4. The first-order valence-corrected chi connectivity index (χ1v) is 8.22. The molecule has 0 atom stereocenters. The van der Waals surface area contributed by atoms with E-state index in [-0.39, 0.29) is 5.71 Å². The summed E-state index contributed by atoms with van der Waals surface area (Å²) in [7, 11) is 0. The minimum atomic E-state index is -0.943. The maximum Gasteiger partial charge on any atom is 0.356 e. The molecule has 0 aromatic carbocycles. The van der Waals surface area contributed by atoms with Crippen LogP contribution in [0.5, 0.6) is 0 Å². The van der Waals surface area contributed by atoms with Crippen LogP contribution in [0.1, 0.15) is 45.4 Å². The lowest BCUT2D eigenvalue weighted by Crippen LogP contribution is -2.58. The van der Waals surface area contributed by atoms with Gasteiger partial charge in [0.25, 0.3) is 0 Å². The molecule has 4 fully saturated rings. The molecule has 5 heteroatoms. The molecule has 5 nitrogen and oxygen atoms in total. The molecule has 0 saturated heterocycles. The lowest BCUT2D eigenvalue weighted by Gasteiger charge is -2.54. The fraction of sp³-hybridized carbons (Fsp3) is 0.750. The highest BCUT2D eigenvalue weighted by molar-refractivity contribution is 6.44. The zero-order valence-corrected chi connectivity index (χ0v) is 12.4. The Morgan fingerprint density at radius 1 is 1.19 bits per heavy atom. The second kappa shape index (κ2) is 4.83. The summed E-state index contributed by atoms with van der Waals surface area (Å²) < 4.78 is 0. The molecular weight excluding hydrogens is 266 g/mol. The van der Waals surface area contributed by atoms with Crippen LogP contribution in [-0.4, -0.2) is 22.8 Å². The van der Waals surface area contributed by atoms with Crippen molar-refractivity contribution in [3.05, 3.63) is 11.4 Å². The normalized spacial score (nSPS) is 40.0. The molecule has 0 aromatic heterocycles. The van der Waals surface area contributed by atoms with Crippen molar-refractivity contribution in [1.29, 1.82) is 0 Å². The van der Waals surface area contributed by atoms with Gasteiger partial charge in [0.15, 0.2) is 5.71 Å². The zero-order chi connectivity index (χ0) is 14.6. The summed E-state index contributed by atoms with van der Waals surface area (Å²) in [4.78, 5) is 15.2. The van der Waals surface area contributed by atoms with Crippen LogP contribution in [-0.2, 0) is 4.79 Å². The van der Waals surface area contributed by atoms with Gasteiger partial charge in [-0.15, -0.1) is 0 Å². The lowest BCUT2D eigenvalue weighted by molar-refractivity contribution is -0.129. The van der Waals surface area contributed by atoms with Crippen LogP contribution >= 0.6 is 0 Å². The minimum Gasteiger partial charge on any atom is -0.476 e. The van der Waals surface area contributed by atoms with E-state index in [0.29, 0.717) is 11.7 Å². The van der Waals surface area contributed by atoms with Crippen molar-refractivity contribution in [3.63, 3.8) is 0 Å². The quantitative estimate of drug-likeness (QED) is 0.677. The van der Waals surface area contributed by atoms with Gasteiger partial charge in [-0.3, -0.25) is 0 Å². The molecule has 0 unspecified atom stereocenters. The van der Waals surface area contributed by atoms with E-state index in [4.69, 9.17) is 5.11 Å². The molecule has 114 valence electrons. The third-order valence-electron chi connectivity index (χ3n) is 5.90. The molecule has 4 saturated carbocycles. The summed E-state index contributed by atoms with van der Waals surface area (Å²) >= 11 is 0. The van der Waals surface area contributed by atoms with E-state index in [9.17, 15) is 4.79 Å². The average molecular weight is 289 g/mol. The summed E-state index contributed by atoms with van der Waals surface area (Å²) in [6, 6.07) is 0.499. The second-order valence-electron chi connectivity index (χ2n) is 7.17. The number of hydrogen-bond acceptors (Lipinski definition) is 4. The molecule has 3 N–H and O–H groups in total. The van der Waals surface area contributed by atoms with Crippen molar-refractivity contribution in [1.82, 2.24) is 10.9 Å². The van der Waals surface area contributed by atoms with Crippen molar-refractivity contribution >= 4 is 11.7 Å². The Balaban J connectivity index is 1.42. The van der Waals surface area contributed by atoms with Crippen molar-refractivity contribution < 1.29 is 9.90 Å². The molecule has 4 bridgehead atoms. The van der Waals surface area contributed by atoms with Crippen LogP contribution in [0.25, 0.3) is 0 Å². The van der Waals surface area contributed by atoms with E-state index in [2.05, 4.69) is 15.8 Å². The second-order valence-corrected chi connectivity index (χ2v) is 7.17. The summed E-state index contributed by atoms with van der Waals surface area (Å²) in [5.74, 6) is 2.50. The van der Waals surface area contributed by atoms with Gasteiger partial charge in [-0.1, -0.05) is 6.92 Å². The number of carbonyl (C=O) groups is 1. The summed E-state index contributed by atoms with van der Waals surface area (Å²) in [6.45, 7) is 2.00. The lowest BCUT2D eigenvalue weighted by atomic mass is 9.54. The van der Waals surface area contributed by atoms with Gasteiger partial charge in [-0.25, -0.2) is 15.2 Å².